The second-order valence-corrected chi connectivity index (χ2v) is 7.65. The van der Waals surface area contributed by atoms with Gasteiger partial charge in [-0.3, -0.25) is 4.79 Å². The van der Waals surface area contributed by atoms with Gasteiger partial charge in [0.05, 0.1) is 5.88 Å². The Morgan fingerprint density at radius 1 is 0.955 bits per heavy atom. The molecule has 3 nitrogen and oxygen atoms in total. The molecule has 0 fully saturated rings. The maximum atomic E-state index is 12.5. The summed E-state index contributed by atoms with van der Waals surface area (Å²) in [5.41, 5.74) is 0. The van der Waals surface area contributed by atoms with Gasteiger partial charge in [0.2, 0.25) is 5.91 Å². The summed E-state index contributed by atoms with van der Waals surface area (Å²) in [6.45, 7) is 6.45. The van der Waals surface area contributed by atoms with E-state index in [1.54, 1.807) is 6.92 Å². The van der Waals surface area contributed by atoms with E-state index in [0.717, 1.165) is 32.5 Å². The van der Waals surface area contributed by atoms with Crippen LogP contribution in [0.15, 0.2) is 0 Å². The molecule has 0 saturated heterocycles. The minimum Gasteiger partial charge on any atom is -0.341 e. The molecule has 0 aliphatic carbocycles. The fourth-order valence-corrected chi connectivity index (χ4v) is 2.60. The Balaban J connectivity index is 4.31. The third-order valence-corrected chi connectivity index (χ3v) is 4.77. The number of alkyl halides is 2. The standard InChI is InChI=1S/C17H34Cl2N2O/c1-5-6-7-8-9-10-13-21(14-11-12-20(3)4)16(22)17(2,19)15-18/h5-15H2,1-4H3. The summed E-state index contributed by atoms with van der Waals surface area (Å²) in [7, 11) is 4.09. The lowest BCUT2D eigenvalue weighted by atomic mass is 10.1. The first-order valence-electron chi connectivity index (χ1n) is 8.54. The van der Waals surface area contributed by atoms with Crippen molar-refractivity contribution in [2.24, 2.45) is 0 Å². The fourth-order valence-electron chi connectivity index (χ4n) is 2.36. The van der Waals surface area contributed by atoms with Crippen molar-refractivity contribution in [3.8, 4) is 0 Å². The van der Waals surface area contributed by atoms with E-state index >= 15 is 0 Å². The van der Waals surface area contributed by atoms with Gasteiger partial charge in [-0.1, -0.05) is 39.0 Å². The van der Waals surface area contributed by atoms with Crippen LogP contribution in [-0.4, -0.2) is 60.2 Å². The summed E-state index contributed by atoms with van der Waals surface area (Å²) in [6, 6.07) is 0. The van der Waals surface area contributed by atoms with Crippen LogP contribution in [0.5, 0.6) is 0 Å². The predicted octanol–water partition coefficient (Wildman–Crippen LogP) is 4.36. The zero-order chi connectivity index (χ0) is 17.0. The average molecular weight is 353 g/mol. The summed E-state index contributed by atoms with van der Waals surface area (Å²) in [4.78, 5) is 15.6. The summed E-state index contributed by atoms with van der Waals surface area (Å²) in [6.07, 6.45) is 8.29. The molecule has 1 unspecified atom stereocenters. The van der Waals surface area contributed by atoms with Crippen molar-refractivity contribution >= 4 is 29.1 Å². The molecule has 0 spiro atoms. The minimum atomic E-state index is -0.984. The molecule has 1 amide bonds. The molecule has 0 rings (SSSR count). The van der Waals surface area contributed by atoms with Gasteiger partial charge in [-0.25, -0.2) is 0 Å². The topological polar surface area (TPSA) is 23.6 Å². The zero-order valence-electron chi connectivity index (χ0n) is 14.8. The smallest absolute Gasteiger partial charge is 0.244 e. The third kappa shape index (κ3) is 9.91. The van der Waals surface area contributed by atoms with Crippen LogP contribution >= 0.6 is 23.2 Å². The van der Waals surface area contributed by atoms with E-state index < -0.39 is 4.87 Å². The molecule has 0 aliphatic rings. The van der Waals surface area contributed by atoms with Crippen molar-refractivity contribution in [3.63, 3.8) is 0 Å². The molecular formula is C17H34Cl2N2O. The van der Waals surface area contributed by atoms with Gasteiger partial charge < -0.3 is 9.80 Å². The van der Waals surface area contributed by atoms with Gasteiger partial charge in [-0.05, 0) is 40.4 Å². The molecule has 0 aromatic carbocycles. The van der Waals surface area contributed by atoms with Gasteiger partial charge in [-0.2, -0.15) is 0 Å². The number of carbonyl (C=O) groups is 1. The highest BCUT2D eigenvalue weighted by Gasteiger charge is 2.33. The van der Waals surface area contributed by atoms with Crippen LogP contribution in [0.4, 0.5) is 0 Å². The number of hydrogen-bond donors (Lipinski definition) is 0. The van der Waals surface area contributed by atoms with Gasteiger partial charge >= 0.3 is 0 Å². The predicted molar refractivity (Wildman–Crippen MR) is 98.1 cm³/mol. The van der Waals surface area contributed by atoms with Crippen LogP contribution in [0.25, 0.3) is 0 Å². The second-order valence-electron chi connectivity index (χ2n) is 6.55. The first kappa shape index (κ1) is 22.0. The molecule has 0 saturated carbocycles. The van der Waals surface area contributed by atoms with Crippen molar-refractivity contribution in [2.45, 2.75) is 63.7 Å². The van der Waals surface area contributed by atoms with Gasteiger partial charge in [-0.15, -0.1) is 23.2 Å². The zero-order valence-corrected chi connectivity index (χ0v) is 16.3. The molecule has 0 heterocycles. The number of amides is 1. The first-order chi connectivity index (χ1) is 10.3. The molecule has 132 valence electrons. The fraction of sp³-hybridized carbons (Fsp3) is 0.941. The molecule has 0 aromatic rings. The van der Waals surface area contributed by atoms with Crippen LogP contribution in [0.1, 0.15) is 58.8 Å². The van der Waals surface area contributed by atoms with Crippen molar-refractivity contribution in [1.29, 1.82) is 0 Å². The Bertz CT molecular complexity index is 296. The maximum Gasteiger partial charge on any atom is 0.244 e. The second kappa shape index (κ2) is 12.4. The summed E-state index contributed by atoms with van der Waals surface area (Å²) in [5.74, 6) is 0.116. The van der Waals surface area contributed by atoms with Gasteiger partial charge in [0.25, 0.3) is 0 Å². The highest BCUT2D eigenvalue weighted by atomic mass is 35.5. The van der Waals surface area contributed by atoms with Crippen LogP contribution < -0.4 is 0 Å². The van der Waals surface area contributed by atoms with E-state index in [1.165, 1.54) is 32.1 Å². The summed E-state index contributed by atoms with van der Waals surface area (Å²) >= 11 is 12.1. The lowest BCUT2D eigenvalue weighted by Gasteiger charge is -2.29. The van der Waals surface area contributed by atoms with E-state index in [2.05, 4.69) is 11.8 Å². The summed E-state index contributed by atoms with van der Waals surface area (Å²) < 4.78 is 0. The number of unbranched alkanes of at least 4 members (excludes halogenated alkanes) is 5. The van der Waals surface area contributed by atoms with E-state index in [4.69, 9.17) is 23.2 Å². The van der Waals surface area contributed by atoms with Crippen LogP contribution in [0.3, 0.4) is 0 Å². The molecule has 0 aromatic heterocycles. The Kier molecular flexibility index (Phi) is 12.4. The van der Waals surface area contributed by atoms with Crippen LogP contribution in [0.2, 0.25) is 0 Å². The monoisotopic (exact) mass is 352 g/mol. The van der Waals surface area contributed by atoms with Gasteiger partial charge in [0, 0.05) is 13.1 Å². The van der Waals surface area contributed by atoms with Gasteiger partial charge in [0.15, 0.2) is 0 Å². The first-order valence-corrected chi connectivity index (χ1v) is 9.45. The lowest BCUT2D eigenvalue weighted by Crippen LogP contribution is -2.46. The molecule has 22 heavy (non-hydrogen) atoms. The molecule has 0 aliphatic heterocycles. The van der Waals surface area contributed by atoms with Gasteiger partial charge in [0.1, 0.15) is 4.87 Å². The van der Waals surface area contributed by atoms with E-state index in [1.807, 2.05) is 19.0 Å². The Hall–Kier alpha value is 0.01000. The largest absolute Gasteiger partial charge is 0.341 e. The quantitative estimate of drug-likeness (QED) is 0.363. The highest BCUT2D eigenvalue weighted by molar-refractivity contribution is 6.39. The Morgan fingerprint density at radius 3 is 2.05 bits per heavy atom. The molecule has 5 heteroatoms. The van der Waals surface area contributed by atoms with Crippen LogP contribution in [0, 0.1) is 0 Å². The molecule has 1 atom stereocenters. The Morgan fingerprint density at radius 2 is 1.50 bits per heavy atom. The average Bonchev–Trinajstić information content (AvgIpc) is 2.47. The number of carbonyl (C=O) groups excluding carboxylic acids is 1. The molecular weight excluding hydrogens is 319 g/mol. The molecule has 0 bridgehead atoms. The minimum absolute atomic E-state index is 0.0310. The van der Waals surface area contributed by atoms with Crippen molar-refractivity contribution in [2.75, 3.05) is 39.6 Å². The SMILES string of the molecule is CCCCCCCCN(CCCN(C)C)C(=O)C(C)(Cl)CCl. The highest BCUT2D eigenvalue weighted by Crippen LogP contribution is 2.20. The molecule has 0 N–H and O–H groups in total. The van der Waals surface area contributed by atoms with Crippen molar-refractivity contribution < 1.29 is 4.79 Å². The number of halogens is 2. The third-order valence-electron chi connectivity index (χ3n) is 3.80. The number of hydrogen-bond acceptors (Lipinski definition) is 2. The number of rotatable bonds is 13. The van der Waals surface area contributed by atoms with E-state index in [-0.39, 0.29) is 11.8 Å². The van der Waals surface area contributed by atoms with E-state index in [9.17, 15) is 4.79 Å². The normalized spacial score (nSPS) is 14.1. The van der Waals surface area contributed by atoms with Crippen molar-refractivity contribution in [1.82, 2.24) is 9.80 Å². The van der Waals surface area contributed by atoms with Crippen LogP contribution in [-0.2, 0) is 4.79 Å². The summed E-state index contributed by atoms with van der Waals surface area (Å²) in [5, 5.41) is 0. The van der Waals surface area contributed by atoms with E-state index in [0.29, 0.717) is 0 Å². The lowest BCUT2D eigenvalue weighted by molar-refractivity contribution is -0.133. The maximum absolute atomic E-state index is 12.5. The molecule has 0 radical (unpaired) electrons. The Labute approximate surface area is 147 Å². The van der Waals surface area contributed by atoms with Crippen molar-refractivity contribution in [3.05, 3.63) is 0 Å². The number of nitrogens with zero attached hydrogens (tertiary/aromatic N) is 2.